The van der Waals surface area contributed by atoms with Gasteiger partial charge in [-0.25, -0.2) is 0 Å². The maximum Gasteiger partial charge on any atom is 0.451 e. The van der Waals surface area contributed by atoms with Crippen molar-refractivity contribution in [2.75, 3.05) is 6.61 Å². The van der Waals surface area contributed by atoms with Crippen molar-refractivity contribution in [3.63, 3.8) is 0 Å². The molecule has 0 fully saturated rings. The number of halogens is 3. The van der Waals surface area contributed by atoms with Crippen molar-refractivity contribution < 1.29 is 17.9 Å². The molecule has 0 saturated carbocycles. The lowest BCUT2D eigenvalue weighted by Crippen LogP contribution is -2.23. The topological polar surface area (TPSA) is 52.8 Å². The van der Waals surface area contributed by atoms with Gasteiger partial charge in [0.15, 0.2) is 5.82 Å². The van der Waals surface area contributed by atoms with Crippen molar-refractivity contribution in [1.82, 2.24) is 19.7 Å². The number of rotatable bonds is 6. The molecular formula is C16H23F3N4OSi. The molecule has 2 aromatic rings. The SMILES string of the molecule is Cc1cc(-c2nnc(C(F)(F)F)n2COCC[Si](C)(C)C)cnc1C. The van der Waals surface area contributed by atoms with Gasteiger partial charge in [0.05, 0.1) is 0 Å². The molecule has 2 rings (SSSR count). The fraction of sp³-hybridized carbons (Fsp3) is 0.562. The van der Waals surface area contributed by atoms with E-state index in [-0.39, 0.29) is 12.6 Å². The molecule has 9 heteroatoms. The first kappa shape index (κ1) is 19.6. The second-order valence-corrected chi connectivity index (χ2v) is 12.9. The van der Waals surface area contributed by atoms with Crippen LogP contribution in [0.3, 0.4) is 0 Å². The molecule has 0 aliphatic heterocycles. The van der Waals surface area contributed by atoms with E-state index >= 15 is 0 Å². The zero-order chi connectivity index (χ0) is 18.8. The summed E-state index contributed by atoms with van der Waals surface area (Å²) in [6.07, 6.45) is -3.09. The lowest BCUT2D eigenvalue weighted by atomic mass is 10.1. The van der Waals surface area contributed by atoms with Gasteiger partial charge in [-0.1, -0.05) is 19.6 Å². The third kappa shape index (κ3) is 5.11. The van der Waals surface area contributed by atoms with Gasteiger partial charge in [-0.15, -0.1) is 10.2 Å². The van der Waals surface area contributed by atoms with E-state index < -0.39 is 20.1 Å². The van der Waals surface area contributed by atoms with Crippen LogP contribution in [0.25, 0.3) is 11.4 Å². The first-order valence-electron chi connectivity index (χ1n) is 8.01. The van der Waals surface area contributed by atoms with Gasteiger partial charge >= 0.3 is 6.18 Å². The standard InChI is InChI=1S/C16H23F3N4OSi/c1-11-8-13(9-20-12(11)2)14-21-22-15(16(17,18)19)23(14)10-24-6-7-25(3,4)5/h8-9H,6-7,10H2,1-5H3. The Hall–Kier alpha value is -1.74. The van der Waals surface area contributed by atoms with Crippen LogP contribution in [0.5, 0.6) is 0 Å². The third-order valence-corrected chi connectivity index (χ3v) is 5.52. The molecule has 0 saturated heterocycles. The predicted octanol–water partition coefficient (Wildman–Crippen LogP) is 4.29. The van der Waals surface area contributed by atoms with Crippen LogP contribution in [0.4, 0.5) is 13.2 Å². The maximum atomic E-state index is 13.2. The van der Waals surface area contributed by atoms with Crippen LogP contribution in [-0.4, -0.2) is 34.4 Å². The number of nitrogens with zero attached hydrogens (tertiary/aromatic N) is 4. The van der Waals surface area contributed by atoms with Gasteiger partial charge in [-0.05, 0) is 31.5 Å². The van der Waals surface area contributed by atoms with E-state index in [2.05, 4.69) is 34.8 Å². The molecule has 0 atom stereocenters. The minimum absolute atomic E-state index is 0.107. The molecule has 5 nitrogen and oxygen atoms in total. The Labute approximate surface area is 146 Å². The summed E-state index contributed by atoms with van der Waals surface area (Å²) in [7, 11) is -1.32. The van der Waals surface area contributed by atoms with Gasteiger partial charge in [0.1, 0.15) is 6.73 Å². The van der Waals surface area contributed by atoms with Crippen LogP contribution in [0.2, 0.25) is 25.7 Å². The van der Waals surface area contributed by atoms with Gasteiger partial charge in [0.2, 0.25) is 5.82 Å². The van der Waals surface area contributed by atoms with Gasteiger partial charge in [-0.3, -0.25) is 9.55 Å². The number of aryl methyl sites for hydroxylation is 2. The molecule has 0 bridgehead atoms. The van der Waals surface area contributed by atoms with E-state index in [1.165, 1.54) is 6.20 Å². The number of alkyl halides is 3. The molecule has 0 spiro atoms. The zero-order valence-electron chi connectivity index (χ0n) is 15.1. The quantitative estimate of drug-likeness (QED) is 0.561. The van der Waals surface area contributed by atoms with Crippen molar-refractivity contribution >= 4 is 8.07 Å². The van der Waals surface area contributed by atoms with Crippen LogP contribution < -0.4 is 0 Å². The minimum atomic E-state index is -4.60. The second-order valence-electron chi connectivity index (χ2n) is 7.25. The number of pyridine rings is 1. The molecule has 25 heavy (non-hydrogen) atoms. The average Bonchev–Trinajstić information content (AvgIpc) is 2.89. The first-order chi connectivity index (χ1) is 11.5. The van der Waals surface area contributed by atoms with E-state index in [0.717, 1.165) is 21.9 Å². The summed E-state index contributed by atoms with van der Waals surface area (Å²) in [5, 5.41) is 7.07. The Morgan fingerprint density at radius 1 is 1.16 bits per heavy atom. The van der Waals surface area contributed by atoms with Gasteiger partial charge in [0, 0.05) is 32.1 Å². The maximum absolute atomic E-state index is 13.2. The second kappa shape index (κ2) is 7.25. The largest absolute Gasteiger partial charge is 0.451 e. The molecular weight excluding hydrogens is 349 g/mol. The lowest BCUT2D eigenvalue weighted by molar-refractivity contribution is -0.149. The molecule has 2 aromatic heterocycles. The van der Waals surface area contributed by atoms with E-state index in [1.807, 2.05) is 13.8 Å². The highest BCUT2D eigenvalue weighted by Gasteiger charge is 2.38. The van der Waals surface area contributed by atoms with Crippen LogP contribution >= 0.6 is 0 Å². The Balaban J connectivity index is 2.30. The normalized spacial score (nSPS) is 12.6. The van der Waals surface area contributed by atoms with Gasteiger partial charge in [0.25, 0.3) is 0 Å². The van der Waals surface area contributed by atoms with E-state index in [0.29, 0.717) is 12.2 Å². The lowest BCUT2D eigenvalue weighted by Gasteiger charge is -2.17. The number of hydrogen-bond acceptors (Lipinski definition) is 4. The average molecular weight is 372 g/mol. The number of ether oxygens (including phenoxy) is 1. The van der Waals surface area contributed by atoms with Crippen molar-refractivity contribution in [2.45, 2.75) is 52.4 Å². The Morgan fingerprint density at radius 3 is 2.40 bits per heavy atom. The highest BCUT2D eigenvalue weighted by Crippen LogP contribution is 2.31. The van der Waals surface area contributed by atoms with Crippen molar-refractivity contribution in [3.05, 3.63) is 29.3 Å². The molecule has 0 aliphatic rings. The molecule has 0 aliphatic carbocycles. The van der Waals surface area contributed by atoms with Gasteiger partial charge in [-0.2, -0.15) is 13.2 Å². The molecule has 0 N–H and O–H groups in total. The predicted molar refractivity (Wildman–Crippen MR) is 91.8 cm³/mol. The molecule has 138 valence electrons. The van der Waals surface area contributed by atoms with Crippen LogP contribution in [0, 0.1) is 13.8 Å². The van der Waals surface area contributed by atoms with Crippen LogP contribution in [0.15, 0.2) is 12.3 Å². The van der Waals surface area contributed by atoms with Gasteiger partial charge < -0.3 is 4.74 Å². The van der Waals surface area contributed by atoms with Crippen LogP contribution in [-0.2, 0) is 17.6 Å². The summed E-state index contributed by atoms with van der Waals surface area (Å²) in [6.45, 7) is 10.4. The molecule has 0 unspecified atom stereocenters. The Morgan fingerprint density at radius 2 is 1.84 bits per heavy atom. The first-order valence-corrected chi connectivity index (χ1v) is 11.7. The van der Waals surface area contributed by atoms with E-state index in [9.17, 15) is 13.2 Å². The fourth-order valence-corrected chi connectivity index (χ4v) is 2.90. The molecule has 0 aromatic carbocycles. The fourth-order valence-electron chi connectivity index (χ4n) is 2.15. The third-order valence-electron chi connectivity index (χ3n) is 3.82. The Kier molecular flexibility index (Phi) is 5.67. The highest BCUT2D eigenvalue weighted by atomic mass is 28.3. The van der Waals surface area contributed by atoms with E-state index in [1.54, 1.807) is 6.07 Å². The summed E-state index contributed by atoms with van der Waals surface area (Å²) in [4.78, 5) is 4.20. The smallest absolute Gasteiger partial charge is 0.361 e. The molecule has 0 radical (unpaired) electrons. The van der Waals surface area contributed by atoms with Crippen molar-refractivity contribution in [2.24, 2.45) is 0 Å². The Bertz CT molecular complexity index is 738. The highest BCUT2D eigenvalue weighted by molar-refractivity contribution is 6.76. The summed E-state index contributed by atoms with van der Waals surface area (Å²) in [5.41, 5.74) is 2.18. The monoisotopic (exact) mass is 372 g/mol. The molecule has 0 amide bonds. The van der Waals surface area contributed by atoms with E-state index in [4.69, 9.17) is 4.74 Å². The summed E-state index contributed by atoms with van der Waals surface area (Å²) >= 11 is 0. The van der Waals surface area contributed by atoms with Crippen LogP contribution in [0.1, 0.15) is 17.1 Å². The van der Waals surface area contributed by atoms with Crippen molar-refractivity contribution in [3.8, 4) is 11.4 Å². The molecule has 2 heterocycles. The summed E-state index contributed by atoms with van der Waals surface area (Å²) in [5.74, 6) is -0.954. The zero-order valence-corrected chi connectivity index (χ0v) is 16.1. The van der Waals surface area contributed by atoms with Crippen molar-refractivity contribution in [1.29, 1.82) is 0 Å². The number of hydrogen-bond donors (Lipinski definition) is 0. The summed E-state index contributed by atoms with van der Waals surface area (Å²) < 4.78 is 46.2. The minimum Gasteiger partial charge on any atom is -0.361 e. The number of aromatic nitrogens is 4. The summed E-state index contributed by atoms with van der Waals surface area (Å²) in [6, 6.07) is 2.63.